The summed E-state index contributed by atoms with van der Waals surface area (Å²) in [6.45, 7) is 5.92. The van der Waals surface area contributed by atoms with Crippen LogP contribution in [-0.2, 0) is 0 Å². The lowest BCUT2D eigenvalue weighted by molar-refractivity contribution is 0.104. The van der Waals surface area contributed by atoms with Gasteiger partial charge < -0.3 is 0 Å². The van der Waals surface area contributed by atoms with Gasteiger partial charge in [0.25, 0.3) is 0 Å². The predicted octanol–water partition coefficient (Wildman–Crippen LogP) is 8.30. The number of carbonyl (C=O) groups excluding carboxylic acids is 3. The summed E-state index contributed by atoms with van der Waals surface area (Å²) in [7, 11) is 0. The van der Waals surface area contributed by atoms with Gasteiger partial charge in [-0.15, -0.1) is 0 Å². The van der Waals surface area contributed by atoms with Gasteiger partial charge in [-0.25, -0.2) is 0 Å². The number of ketones is 3. The van der Waals surface area contributed by atoms with E-state index in [9.17, 15) is 14.4 Å². The van der Waals surface area contributed by atoms with Gasteiger partial charge in [-0.05, 0) is 90.6 Å². The van der Waals surface area contributed by atoms with E-state index in [2.05, 4.69) is 0 Å². The second kappa shape index (κ2) is 12.6. The Bertz CT molecular complexity index is 1430. The number of hydrogen-bond donors (Lipinski definition) is 0. The fourth-order valence-corrected chi connectivity index (χ4v) is 4.16. The van der Waals surface area contributed by atoms with E-state index in [-0.39, 0.29) is 34.0 Å². The van der Waals surface area contributed by atoms with E-state index in [4.69, 9.17) is 0 Å². The number of rotatable bonds is 9. The molecule has 0 aliphatic rings. The van der Waals surface area contributed by atoms with Crippen molar-refractivity contribution in [1.29, 1.82) is 0 Å². The Hall–Kier alpha value is -4.89. The highest BCUT2D eigenvalue weighted by Crippen LogP contribution is 2.18. The van der Waals surface area contributed by atoms with E-state index in [1.165, 1.54) is 18.2 Å². The Morgan fingerprint density at radius 2 is 0.692 bits per heavy atom. The summed E-state index contributed by atoms with van der Waals surface area (Å²) < 4.78 is 0. The smallest absolute Gasteiger partial charge is 0.185 e. The molecule has 0 radical (unpaired) electrons. The predicted molar refractivity (Wildman–Crippen MR) is 160 cm³/mol. The molecule has 0 fully saturated rings. The van der Waals surface area contributed by atoms with Crippen molar-refractivity contribution in [1.82, 2.24) is 0 Å². The van der Waals surface area contributed by atoms with Crippen LogP contribution >= 0.6 is 0 Å². The maximum absolute atomic E-state index is 13.2. The Labute approximate surface area is 229 Å². The summed E-state index contributed by atoms with van der Waals surface area (Å²) in [5.74, 6) is -0.854. The van der Waals surface area contributed by atoms with Crippen LogP contribution in [0, 0.1) is 20.8 Å². The van der Waals surface area contributed by atoms with Crippen molar-refractivity contribution in [2.75, 3.05) is 0 Å². The van der Waals surface area contributed by atoms with Crippen molar-refractivity contribution in [3.8, 4) is 0 Å². The molecule has 0 spiro atoms. The molecule has 4 rings (SSSR count). The zero-order chi connectivity index (χ0) is 27.8. The number of benzene rings is 4. The molecule has 39 heavy (non-hydrogen) atoms. The Balaban J connectivity index is 1.69. The van der Waals surface area contributed by atoms with E-state index in [1.54, 1.807) is 36.4 Å². The third kappa shape index (κ3) is 7.12. The van der Waals surface area contributed by atoms with Crippen molar-refractivity contribution in [3.63, 3.8) is 0 Å². The number of carbonyl (C=O) groups is 3. The summed E-state index contributed by atoms with van der Waals surface area (Å²) in [4.78, 5) is 39.5. The van der Waals surface area contributed by atoms with Crippen molar-refractivity contribution < 1.29 is 14.4 Å². The summed E-state index contributed by atoms with van der Waals surface area (Å²) >= 11 is 0. The minimum absolute atomic E-state index is 0.280. The first-order valence-corrected chi connectivity index (χ1v) is 12.8. The maximum atomic E-state index is 13.2. The molecule has 0 amide bonds. The van der Waals surface area contributed by atoms with E-state index >= 15 is 0 Å². The molecule has 0 unspecified atom stereocenters. The molecule has 3 heteroatoms. The number of aryl methyl sites for hydroxylation is 3. The van der Waals surface area contributed by atoms with Crippen molar-refractivity contribution in [2.45, 2.75) is 20.8 Å². The molecule has 0 atom stereocenters. The Morgan fingerprint density at radius 1 is 0.436 bits per heavy atom. The van der Waals surface area contributed by atoms with E-state index in [0.717, 1.165) is 33.4 Å². The van der Waals surface area contributed by atoms with Gasteiger partial charge in [-0.2, -0.15) is 0 Å². The molecule has 0 aliphatic heterocycles. The highest BCUT2D eigenvalue weighted by Gasteiger charge is 2.14. The first kappa shape index (κ1) is 27.2. The molecule has 0 N–H and O–H groups in total. The second-order valence-electron chi connectivity index (χ2n) is 9.46. The van der Waals surface area contributed by atoms with Gasteiger partial charge in [-0.3, -0.25) is 14.4 Å². The van der Waals surface area contributed by atoms with Crippen molar-refractivity contribution >= 4 is 35.6 Å². The van der Waals surface area contributed by atoms with Crippen LogP contribution in [0.1, 0.15) is 64.5 Å². The number of hydrogen-bond acceptors (Lipinski definition) is 3. The van der Waals surface area contributed by atoms with Gasteiger partial charge in [0.2, 0.25) is 0 Å². The third-order valence-electron chi connectivity index (χ3n) is 6.59. The average molecular weight is 511 g/mol. The normalized spacial score (nSPS) is 11.5. The molecule has 0 saturated heterocycles. The summed E-state index contributed by atoms with van der Waals surface area (Å²) in [6, 6.07) is 27.9. The molecule has 0 aliphatic carbocycles. The lowest BCUT2D eigenvalue weighted by Gasteiger charge is -2.06. The maximum Gasteiger partial charge on any atom is 0.185 e. The SMILES string of the molecule is Cc1ccccc1C=CC(=O)c1cc(C(=O)C=Cc2ccccc2C)cc(C(=O)C=Cc2ccccc2C)c1. The molecule has 192 valence electrons. The monoisotopic (exact) mass is 510 g/mol. The van der Waals surface area contributed by atoms with Gasteiger partial charge in [0, 0.05) is 16.7 Å². The average Bonchev–Trinajstić information content (AvgIpc) is 2.95. The van der Waals surface area contributed by atoms with Gasteiger partial charge in [-0.1, -0.05) is 91.0 Å². The molecule has 0 aromatic heterocycles. The summed E-state index contributed by atoms with van der Waals surface area (Å²) in [5, 5.41) is 0. The molecule has 0 saturated carbocycles. The topological polar surface area (TPSA) is 51.2 Å². The van der Waals surface area contributed by atoms with Gasteiger partial charge in [0.1, 0.15) is 0 Å². The highest BCUT2D eigenvalue weighted by molar-refractivity contribution is 6.15. The Kier molecular flexibility index (Phi) is 8.75. The molecular weight excluding hydrogens is 480 g/mol. The van der Waals surface area contributed by atoms with Crippen molar-refractivity contribution in [2.24, 2.45) is 0 Å². The standard InChI is InChI=1S/C36H30O3/c1-25-10-4-7-13-28(25)16-19-34(37)31-22-32(35(38)20-17-29-14-8-5-11-26(29)2)24-33(23-31)36(39)21-18-30-15-9-6-12-27(30)3/h4-24H,1-3H3. The second-order valence-corrected chi connectivity index (χ2v) is 9.46. The largest absolute Gasteiger partial charge is 0.289 e. The summed E-state index contributed by atoms with van der Waals surface area (Å²) in [5.41, 5.74) is 6.76. The van der Waals surface area contributed by atoms with Crippen LogP contribution < -0.4 is 0 Å². The van der Waals surface area contributed by atoms with Crippen LogP contribution in [0.2, 0.25) is 0 Å². The van der Waals surface area contributed by atoms with Crippen LogP contribution in [-0.4, -0.2) is 17.3 Å². The minimum Gasteiger partial charge on any atom is -0.289 e. The minimum atomic E-state index is -0.285. The molecule has 4 aromatic rings. The fraction of sp³-hybridized carbons (Fsp3) is 0.0833. The van der Waals surface area contributed by atoms with Gasteiger partial charge >= 0.3 is 0 Å². The molecule has 4 aromatic carbocycles. The first-order chi connectivity index (χ1) is 18.8. The van der Waals surface area contributed by atoms with Gasteiger partial charge in [0.05, 0.1) is 0 Å². The molecular formula is C36H30O3. The number of allylic oxidation sites excluding steroid dienone is 3. The molecule has 0 heterocycles. The van der Waals surface area contributed by atoms with E-state index in [0.29, 0.717) is 0 Å². The molecule has 3 nitrogen and oxygen atoms in total. The zero-order valence-corrected chi connectivity index (χ0v) is 22.3. The van der Waals surface area contributed by atoms with Crippen LogP contribution in [0.5, 0.6) is 0 Å². The Morgan fingerprint density at radius 3 is 0.949 bits per heavy atom. The lowest BCUT2D eigenvalue weighted by Crippen LogP contribution is -2.05. The van der Waals surface area contributed by atoms with Crippen LogP contribution in [0.25, 0.3) is 18.2 Å². The van der Waals surface area contributed by atoms with Crippen LogP contribution in [0.4, 0.5) is 0 Å². The highest BCUT2D eigenvalue weighted by atomic mass is 16.1. The first-order valence-electron chi connectivity index (χ1n) is 12.8. The van der Waals surface area contributed by atoms with Gasteiger partial charge in [0.15, 0.2) is 17.3 Å². The lowest BCUT2D eigenvalue weighted by atomic mass is 9.96. The third-order valence-corrected chi connectivity index (χ3v) is 6.59. The fourth-order valence-electron chi connectivity index (χ4n) is 4.16. The van der Waals surface area contributed by atoms with Crippen molar-refractivity contribution in [3.05, 3.63) is 159 Å². The van der Waals surface area contributed by atoms with E-state index < -0.39 is 0 Å². The quantitative estimate of drug-likeness (QED) is 0.168. The summed E-state index contributed by atoms with van der Waals surface area (Å²) in [6.07, 6.45) is 9.70. The van der Waals surface area contributed by atoms with Crippen LogP contribution in [0.3, 0.4) is 0 Å². The van der Waals surface area contributed by atoms with Crippen LogP contribution in [0.15, 0.2) is 109 Å². The molecule has 0 bridgehead atoms. The zero-order valence-electron chi connectivity index (χ0n) is 22.3. The van der Waals surface area contributed by atoms with E-state index in [1.807, 2.05) is 93.6 Å².